The first-order chi connectivity index (χ1) is 8.02. The molecule has 0 aliphatic carbocycles. The zero-order valence-electron chi connectivity index (χ0n) is 10.6. The van der Waals surface area contributed by atoms with Crippen LogP contribution in [-0.2, 0) is 18.8 Å². The van der Waals surface area contributed by atoms with E-state index in [9.17, 15) is 4.79 Å². The van der Waals surface area contributed by atoms with Crippen LogP contribution in [0.1, 0.15) is 20.8 Å². The van der Waals surface area contributed by atoms with Gasteiger partial charge >= 0.3 is 5.97 Å². The van der Waals surface area contributed by atoms with E-state index in [0.29, 0.717) is 24.9 Å². The topological polar surface area (TPSA) is 44.8 Å². The van der Waals surface area contributed by atoms with Crippen molar-refractivity contribution in [3.63, 3.8) is 0 Å². The van der Waals surface area contributed by atoms with Crippen LogP contribution in [0.25, 0.3) is 0 Å². The molecule has 0 aromatic rings. The fraction of sp³-hybridized carbons (Fsp3) is 0.909. The minimum Gasteiger partial charge on any atom is -0.467 e. The van der Waals surface area contributed by atoms with E-state index in [1.54, 1.807) is 0 Å². The number of halogens is 1. The Bertz CT molecular complexity index is 264. The summed E-state index contributed by atoms with van der Waals surface area (Å²) >= 11 is 2.18. The van der Waals surface area contributed by atoms with Crippen molar-refractivity contribution in [2.24, 2.45) is 17.8 Å². The summed E-state index contributed by atoms with van der Waals surface area (Å²) in [5.74, 6) is 0.701. The summed E-state index contributed by atoms with van der Waals surface area (Å²) < 4.78 is 16.1. The number of methoxy groups -OCH3 is 1. The second kappa shape index (κ2) is 7.22. The van der Waals surface area contributed by atoms with Gasteiger partial charge in [-0.3, -0.25) is 0 Å². The molecular weight excluding hydrogens is 354 g/mol. The lowest BCUT2D eigenvalue weighted by atomic mass is 9.76. The van der Waals surface area contributed by atoms with Crippen LogP contribution in [-0.4, -0.2) is 31.9 Å². The summed E-state index contributed by atoms with van der Waals surface area (Å²) in [6.45, 7) is 7.32. The summed E-state index contributed by atoms with van der Waals surface area (Å²) in [6, 6.07) is 0. The van der Waals surface area contributed by atoms with E-state index in [1.165, 1.54) is 7.11 Å². The lowest BCUT2D eigenvalue weighted by molar-refractivity contribution is -0.184. The summed E-state index contributed by atoms with van der Waals surface area (Å²) in [7, 11) is 1.40. The second-order valence-corrected chi connectivity index (χ2v) is 6.35. The molecule has 0 amide bonds. The van der Waals surface area contributed by atoms with Crippen LogP contribution < -0.4 is 0 Å². The molecule has 1 heterocycles. The van der Waals surface area contributed by atoms with Crippen molar-refractivity contribution < 1.29 is 18.8 Å². The highest BCUT2D eigenvalue weighted by Gasteiger charge is 2.42. The molecule has 6 atom stereocenters. The maximum atomic E-state index is 11.7. The van der Waals surface area contributed by atoms with Crippen molar-refractivity contribution in [2.45, 2.75) is 33.0 Å². The predicted molar refractivity (Wildman–Crippen MR) is 76.5 cm³/mol. The van der Waals surface area contributed by atoms with Crippen LogP contribution in [0, 0.1) is 17.8 Å². The van der Waals surface area contributed by atoms with Gasteiger partial charge in [0.05, 0.1) is 26.3 Å². The summed E-state index contributed by atoms with van der Waals surface area (Å²) in [5, 5.41) is 0. The average Bonchev–Trinajstić information content (AvgIpc) is 2.34. The molecule has 2 unspecified atom stereocenters. The third-order valence-electron chi connectivity index (χ3n) is 3.78. The average molecular weight is 374 g/mol. The molecule has 1 aliphatic heterocycles. The van der Waals surface area contributed by atoms with Gasteiger partial charge in [-0.05, 0) is 39.8 Å². The van der Waals surface area contributed by atoms with Gasteiger partial charge in [-0.25, -0.2) is 4.79 Å². The van der Waals surface area contributed by atoms with Gasteiger partial charge in [0.25, 0.3) is 0 Å². The standard InChI is InChI=1S/C11H20IO4P/c1-6-7(2)9(5-15-17-12)16-10(8(6)3)11(13)14-4/h6-10,17H,5H2,1-4H3/t6-,7+,8+,9+,10?/m0/s1. The lowest BCUT2D eigenvalue weighted by Gasteiger charge is -2.42. The summed E-state index contributed by atoms with van der Waals surface area (Å²) in [5.41, 5.74) is 0. The first-order valence-corrected chi connectivity index (χ1v) is 9.75. The molecule has 0 saturated carbocycles. The Kier molecular flexibility index (Phi) is 6.62. The molecule has 0 aromatic heterocycles. The van der Waals surface area contributed by atoms with Crippen molar-refractivity contribution in [1.29, 1.82) is 0 Å². The minimum absolute atomic E-state index is 0.0208. The third kappa shape index (κ3) is 3.75. The maximum Gasteiger partial charge on any atom is 0.335 e. The minimum atomic E-state index is -0.461. The van der Waals surface area contributed by atoms with Gasteiger partial charge in [0, 0.05) is 0 Å². The normalized spacial score (nSPS) is 38.5. The van der Waals surface area contributed by atoms with E-state index in [-0.39, 0.29) is 18.0 Å². The highest BCUT2D eigenvalue weighted by Crippen LogP contribution is 2.36. The zero-order valence-corrected chi connectivity index (χ0v) is 13.8. The molecule has 1 saturated heterocycles. The van der Waals surface area contributed by atoms with E-state index >= 15 is 0 Å². The van der Waals surface area contributed by atoms with E-state index in [1.807, 2.05) is 6.92 Å². The van der Waals surface area contributed by atoms with Gasteiger partial charge in [-0.1, -0.05) is 20.8 Å². The molecule has 100 valence electrons. The van der Waals surface area contributed by atoms with Crippen molar-refractivity contribution in [3.8, 4) is 0 Å². The molecule has 1 fully saturated rings. The van der Waals surface area contributed by atoms with Gasteiger partial charge < -0.3 is 14.0 Å². The Morgan fingerprint density at radius 1 is 1.29 bits per heavy atom. The van der Waals surface area contributed by atoms with Crippen molar-refractivity contribution >= 4 is 34.5 Å². The molecular formula is C11H20IO4P. The molecule has 4 nitrogen and oxygen atoms in total. The fourth-order valence-corrected chi connectivity index (χ4v) is 2.99. The predicted octanol–water partition coefficient (Wildman–Crippen LogP) is 2.80. The van der Waals surface area contributed by atoms with Crippen LogP contribution in [0.5, 0.6) is 0 Å². The van der Waals surface area contributed by atoms with Gasteiger partial charge in [-0.15, -0.1) is 0 Å². The second-order valence-electron chi connectivity index (χ2n) is 4.58. The molecule has 0 N–H and O–H groups in total. The first kappa shape index (κ1) is 15.6. The highest BCUT2D eigenvalue weighted by atomic mass is 127. The molecule has 1 rings (SSSR count). The number of rotatable bonds is 4. The molecule has 17 heavy (non-hydrogen) atoms. The number of esters is 1. The Labute approximate surface area is 117 Å². The Morgan fingerprint density at radius 3 is 2.47 bits per heavy atom. The monoisotopic (exact) mass is 374 g/mol. The van der Waals surface area contributed by atoms with Crippen LogP contribution in [0.2, 0.25) is 0 Å². The number of carbonyl (C=O) groups excluding carboxylic acids is 1. The summed E-state index contributed by atoms with van der Waals surface area (Å²) in [6.07, 6.45) is -0.482. The van der Waals surface area contributed by atoms with Crippen molar-refractivity contribution in [1.82, 2.24) is 0 Å². The quantitative estimate of drug-likeness (QED) is 0.431. The van der Waals surface area contributed by atoms with E-state index in [0.717, 1.165) is 0 Å². The Hall–Kier alpha value is 0.550. The zero-order chi connectivity index (χ0) is 13.0. The van der Waals surface area contributed by atoms with Crippen LogP contribution in [0.15, 0.2) is 0 Å². The number of hydrogen-bond acceptors (Lipinski definition) is 4. The first-order valence-electron chi connectivity index (χ1n) is 5.73. The SMILES string of the molecule is COC(=O)C1O[C@H](COPI)[C@H](C)[C@H](C)[C@H]1C. The molecule has 0 spiro atoms. The van der Waals surface area contributed by atoms with E-state index in [2.05, 4.69) is 35.9 Å². The number of hydrogen-bond donors (Lipinski definition) is 0. The Morgan fingerprint density at radius 2 is 1.94 bits per heavy atom. The largest absolute Gasteiger partial charge is 0.467 e. The van der Waals surface area contributed by atoms with Gasteiger partial charge in [0.1, 0.15) is 0 Å². The number of carbonyl (C=O) groups is 1. The van der Waals surface area contributed by atoms with Gasteiger partial charge in [0.2, 0.25) is 0 Å². The third-order valence-corrected chi connectivity index (χ3v) is 4.99. The van der Waals surface area contributed by atoms with E-state index in [4.69, 9.17) is 14.0 Å². The summed E-state index contributed by atoms with van der Waals surface area (Å²) in [4.78, 5) is 11.7. The molecule has 6 heteroatoms. The van der Waals surface area contributed by atoms with Crippen molar-refractivity contribution in [3.05, 3.63) is 0 Å². The Balaban J connectivity index is 2.71. The smallest absolute Gasteiger partial charge is 0.335 e. The molecule has 0 bridgehead atoms. The van der Waals surface area contributed by atoms with Gasteiger partial charge in [0.15, 0.2) is 6.10 Å². The molecule has 0 aromatic carbocycles. The van der Waals surface area contributed by atoms with E-state index < -0.39 is 6.10 Å². The maximum absolute atomic E-state index is 11.7. The van der Waals surface area contributed by atoms with Crippen LogP contribution in [0.4, 0.5) is 0 Å². The highest BCUT2D eigenvalue weighted by molar-refractivity contribution is 14.2. The fourth-order valence-electron chi connectivity index (χ4n) is 2.22. The number of ether oxygens (including phenoxy) is 2. The van der Waals surface area contributed by atoms with Gasteiger partial charge in [-0.2, -0.15) is 0 Å². The molecule has 0 radical (unpaired) electrons. The van der Waals surface area contributed by atoms with Crippen LogP contribution >= 0.6 is 28.5 Å². The van der Waals surface area contributed by atoms with Crippen molar-refractivity contribution in [2.75, 3.05) is 13.7 Å². The lowest BCUT2D eigenvalue weighted by Crippen LogP contribution is -2.49. The molecule has 1 aliphatic rings. The van der Waals surface area contributed by atoms with Crippen LogP contribution in [0.3, 0.4) is 0 Å².